The summed E-state index contributed by atoms with van der Waals surface area (Å²) < 4.78 is 10.1. The number of methoxy groups -OCH3 is 1. The van der Waals surface area contributed by atoms with Gasteiger partial charge in [0.15, 0.2) is 0 Å². The SMILES string of the molecule is COc1ccc2[nH]cc([C@H](C(=O)O)N3CCN(Cc4nonc4C)CC3)c2c1. The largest absolute Gasteiger partial charge is 0.497 e. The van der Waals surface area contributed by atoms with Gasteiger partial charge in [0.1, 0.15) is 23.2 Å². The normalized spacial score (nSPS) is 17.1. The number of aryl methyl sites for hydroxylation is 1. The van der Waals surface area contributed by atoms with Crippen LogP contribution >= 0.6 is 0 Å². The number of benzene rings is 1. The molecule has 0 unspecified atom stereocenters. The molecule has 28 heavy (non-hydrogen) atoms. The Balaban J connectivity index is 1.52. The molecule has 2 N–H and O–H groups in total. The second kappa shape index (κ2) is 7.61. The molecule has 1 saturated heterocycles. The third-order valence-electron chi connectivity index (χ3n) is 5.34. The van der Waals surface area contributed by atoms with Crippen molar-refractivity contribution in [2.75, 3.05) is 33.3 Å². The van der Waals surface area contributed by atoms with E-state index in [1.807, 2.05) is 30.0 Å². The standard InChI is InChI=1S/C19H23N5O4/c1-12-17(22-28-21-12)11-23-5-7-24(8-6-23)18(19(25)26)15-10-20-16-4-3-13(27-2)9-14(15)16/h3-4,9-10,18,20H,5-8,11H2,1-2H3,(H,25,26)/t18-/m1/s1. The molecule has 2 aromatic heterocycles. The molecule has 1 aliphatic heterocycles. The van der Waals surface area contributed by atoms with Crippen molar-refractivity contribution in [1.29, 1.82) is 0 Å². The van der Waals surface area contributed by atoms with E-state index in [2.05, 4.69) is 20.2 Å². The van der Waals surface area contributed by atoms with Crippen LogP contribution in [0.2, 0.25) is 0 Å². The van der Waals surface area contributed by atoms with Crippen LogP contribution in [0.5, 0.6) is 5.75 Å². The summed E-state index contributed by atoms with van der Waals surface area (Å²) in [7, 11) is 1.60. The highest BCUT2D eigenvalue weighted by Crippen LogP contribution is 2.31. The van der Waals surface area contributed by atoms with Crippen LogP contribution in [-0.2, 0) is 11.3 Å². The van der Waals surface area contributed by atoms with Gasteiger partial charge >= 0.3 is 5.97 Å². The van der Waals surface area contributed by atoms with Crippen molar-refractivity contribution in [3.8, 4) is 5.75 Å². The number of nitrogens with one attached hydrogen (secondary N) is 1. The van der Waals surface area contributed by atoms with Crippen LogP contribution in [0.4, 0.5) is 0 Å². The number of nitrogens with zero attached hydrogens (tertiary/aromatic N) is 4. The Hall–Kier alpha value is -2.91. The number of fused-ring (bicyclic) bond motifs is 1. The molecule has 1 atom stereocenters. The zero-order valence-electron chi connectivity index (χ0n) is 15.9. The first-order valence-electron chi connectivity index (χ1n) is 9.19. The number of aliphatic carboxylic acids is 1. The van der Waals surface area contributed by atoms with Gasteiger partial charge in [-0.05, 0) is 25.1 Å². The van der Waals surface area contributed by atoms with Crippen LogP contribution in [0.25, 0.3) is 10.9 Å². The predicted octanol–water partition coefficient (Wildman–Crippen LogP) is 1.81. The average Bonchev–Trinajstić information content (AvgIpc) is 3.29. The van der Waals surface area contributed by atoms with Crippen LogP contribution in [0, 0.1) is 6.92 Å². The first-order valence-corrected chi connectivity index (χ1v) is 9.19. The number of piperazine rings is 1. The fraction of sp³-hybridized carbons (Fsp3) is 0.421. The Labute approximate surface area is 161 Å². The molecule has 9 heteroatoms. The van der Waals surface area contributed by atoms with E-state index < -0.39 is 12.0 Å². The van der Waals surface area contributed by atoms with Crippen molar-refractivity contribution in [3.63, 3.8) is 0 Å². The fourth-order valence-electron chi connectivity index (χ4n) is 3.74. The molecule has 1 aliphatic rings. The highest BCUT2D eigenvalue weighted by molar-refractivity contribution is 5.90. The number of carboxylic acids is 1. The van der Waals surface area contributed by atoms with E-state index in [0.29, 0.717) is 25.4 Å². The van der Waals surface area contributed by atoms with E-state index in [9.17, 15) is 9.90 Å². The van der Waals surface area contributed by atoms with E-state index in [1.54, 1.807) is 13.3 Å². The summed E-state index contributed by atoms with van der Waals surface area (Å²) >= 11 is 0. The first-order chi connectivity index (χ1) is 13.6. The molecule has 3 heterocycles. The molecule has 4 rings (SSSR count). The van der Waals surface area contributed by atoms with Gasteiger partial charge in [0, 0.05) is 55.4 Å². The van der Waals surface area contributed by atoms with Crippen molar-refractivity contribution in [3.05, 3.63) is 41.3 Å². The lowest BCUT2D eigenvalue weighted by Gasteiger charge is -2.37. The second-order valence-electron chi connectivity index (χ2n) is 7.00. The Kier molecular flexibility index (Phi) is 5.01. The van der Waals surface area contributed by atoms with Gasteiger partial charge in [0.2, 0.25) is 0 Å². The van der Waals surface area contributed by atoms with Gasteiger partial charge in [-0.1, -0.05) is 10.3 Å². The second-order valence-corrected chi connectivity index (χ2v) is 7.00. The minimum Gasteiger partial charge on any atom is -0.497 e. The summed E-state index contributed by atoms with van der Waals surface area (Å²) in [4.78, 5) is 19.6. The number of hydrogen-bond donors (Lipinski definition) is 2. The summed E-state index contributed by atoms with van der Waals surface area (Å²) in [5.41, 5.74) is 3.27. The minimum absolute atomic E-state index is 0.651. The zero-order chi connectivity index (χ0) is 19.7. The summed E-state index contributed by atoms with van der Waals surface area (Å²) in [6.45, 7) is 5.33. The number of carbonyl (C=O) groups is 1. The van der Waals surface area contributed by atoms with E-state index in [4.69, 9.17) is 9.37 Å². The Morgan fingerprint density at radius 3 is 2.75 bits per heavy atom. The van der Waals surface area contributed by atoms with Crippen molar-refractivity contribution < 1.29 is 19.3 Å². The van der Waals surface area contributed by atoms with Gasteiger partial charge in [-0.25, -0.2) is 4.63 Å². The maximum atomic E-state index is 12.1. The van der Waals surface area contributed by atoms with Crippen LogP contribution in [0.1, 0.15) is 23.0 Å². The number of rotatable bonds is 6. The molecule has 0 saturated carbocycles. The highest BCUT2D eigenvalue weighted by atomic mass is 16.6. The topological polar surface area (TPSA) is 108 Å². The minimum atomic E-state index is -0.853. The van der Waals surface area contributed by atoms with Crippen LogP contribution in [0.3, 0.4) is 0 Å². The number of aromatic amines is 1. The number of hydrogen-bond acceptors (Lipinski definition) is 7. The third-order valence-corrected chi connectivity index (χ3v) is 5.34. The maximum absolute atomic E-state index is 12.1. The summed E-state index contributed by atoms with van der Waals surface area (Å²) in [6.07, 6.45) is 1.79. The zero-order valence-corrected chi connectivity index (χ0v) is 15.9. The number of H-pyrrole nitrogens is 1. The average molecular weight is 385 g/mol. The number of aromatic nitrogens is 3. The molecule has 1 aromatic carbocycles. The van der Waals surface area contributed by atoms with E-state index in [-0.39, 0.29) is 0 Å². The van der Waals surface area contributed by atoms with Gasteiger partial charge in [-0.3, -0.25) is 14.6 Å². The lowest BCUT2D eigenvalue weighted by molar-refractivity contribution is -0.144. The van der Waals surface area contributed by atoms with Crippen molar-refractivity contribution in [2.45, 2.75) is 19.5 Å². The highest BCUT2D eigenvalue weighted by Gasteiger charge is 2.32. The first kappa shape index (κ1) is 18.5. The van der Waals surface area contributed by atoms with Crippen LogP contribution in [0.15, 0.2) is 29.0 Å². The molecule has 3 aromatic rings. The van der Waals surface area contributed by atoms with Gasteiger partial charge < -0.3 is 14.8 Å². The quantitative estimate of drug-likeness (QED) is 0.661. The number of ether oxygens (including phenoxy) is 1. The van der Waals surface area contributed by atoms with Crippen molar-refractivity contribution in [1.82, 2.24) is 25.1 Å². The van der Waals surface area contributed by atoms with E-state index in [0.717, 1.165) is 40.9 Å². The Bertz CT molecular complexity index is 974. The van der Waals surface area contributed by atoms with Crippen molar-refractivity contribution >= 4 is 16.9 Å². The molecule has 148 valence electrons. The van der Waals surface area contributed by atoms with Crippen LogP contribution in [-0.4, -0.2) is 69.5 Å². The Morgan fingerprint density at radius 2 is 2.11 bits per heavy atom. The predicted molar refractivity (Wildman–Crippen MR) is 101 cm³/mol. The summed E-state index contributed by atoms with van der Waals surface area (Å²) in [5, 5.41) is 18.6. The summed E-state index contributed by atoms with van der Waals surface area (Å²) in [5.74, 6) is -0.146. The molecular formula is C19H23N5O4. The van der Waals surface area contributed by atoms with E-state index >= 15 is 0 Å². The molecule has 0 bridgehead atoms. The lowest BCUT2D eigenvalue weighted by Crippen LogP contribution is -2.48. The Morgan fingerprint density at radius 1 is 1.32 bits per heavy atom. The molecule has 1 fully saturated rings. The third kappa shape index (κ3) is 3.46. The molecule has 0 radical (unpaired) electrons. The molecule has 9 nitrogen and oxygen atoms in total. The molecular weight excluding hydrogens is 362 g/mol. The molecule has 0 spiro atoms. The van der Waals surface area contributed by atoms with Crippen molar-refractivity contribution in [2.24, 2.45) is 0 Å². The fourth-order valence-corrected chi connectivity index (χ4v) is 3.74. The van der Waals surface area contributed by atoms with Gasteiger partial charge in [0.05, 0.1) is 7.11 Å². The lowest BCUT2D eigenvalue weighted by atomic mass is 10.0. The van der Waals surface area contributed by atoms with E-state index in [1.165, 1.54) is 0 Å². The summed E-state index contributed by atoms with van der Waals surface area (Å²) in [6, 6.07) is 4.94. The molecule has 0 aliphatic carbocycles. The van der Waals surface area contributed by atoms with Gasteiger partial charge in [0.25, 0.3) is 0 Å². The van der Waals surface area contributed by atoms with Gasteiger partial charge in [-0.15, -0.1) is 0 Å². The smallest absolute Gasteiger partial charge is 0.325 e. The van der Waals surface area contributed by atoms with Gasteiger partial charge in [-0.2, -0.15) is 0 Å². The molecule has 0 amide bonds. The monoisotopic (exact) mass is 385 g/mol. The van der Waals surface area contributed by atoms with Crippen LogP contribution < -0.4 is 4.74 Å². The maximum Gasteiger partial charge on any atom is 0.325 e. The number of carboxylic acid groups (broad SMARTS) is 1.